The topological polar surface area (TPSA) is 76.7 Å². The third-order valence-electron chi connectivity index (χ3n) is 4.78. The molecular weight excluding hydrogens is 401 g/mol. The minimum Gasteiger partial charge on any atom is -0.493 e. The highest BCUT2D eigenvalue weighted by Crippen LogP contribution is 2.38. The van der Waals surface area contributed by atoms with E-state index in [1.165, 1.54) is 12.1 Å². The van der Waals surface area contributed by atoms with Crippen LogP contribution in [0.25, 0.3) is 5.57 Å². The Kier molecular flexibility index (Phi) is 5.11. The quantitative estimate of drug-likeness (QED) is 0.676. The molecule has 0 aromatic heterocycles. The number of allylic oxidation sites excluding steroid dienone is 1. The number of anilines is 2. The van der Waals surface area contributed by atoms with Crippen LogP contribution in [-0.4, -0.2) is 18.6 Å². The number of carbonyl (C=O) groups is 2. The summed E-state index contributed by atoms with van der Waals surface area (Å²) in [5.74, 6) is -0.325. The number of nitrogens with one attached hydrogen (secondary N) is 2. The highest BCUT2D eigenvalue weighted by molar-refractivity contribution is 6.05. The van der Waals surface area contributed by atoms with Gasteiger partial charge in [-0.15, -0.1) is 0 Å². The van der Waals surface area contributed by atoms with Gasteiger partial charge in [-0.2, -0.15) is 13.2 Å². The highest BCUT2D eigenvalue weighted by Gasteiger charge is 2.32. The number of alkyl halides is 3. The molecule has 0 bridgehead atoms. The van der Waals surface area contributed by atoms with E-state index in [2.05, 4.69) is 10.6 Å². The first-order chi connectivity index (χ1) is 14.3. The number of amides is 2. The maximum Gasteiger partial charge on any atom is 0.416 e. The second kappa shape index (κ2) is 7.74. The largest absolute Gasteiger partial charge is 0.493 e. The average Bonchev–Trinajstić information content (AvgIpc) is 2.88. The summed E-state index contributed by atoms with van der Waals surface area (Å²) in [6, 6.07) is 8.29. The number of carbonyl (C=O) groups excluding carboxylic acids is 2. The first-order valence-corrected chi connectivity index (χ1v) is 9.22. The zero-order valence-electron chi connectivity index (χ0n) is 15.6. The van der Waals surface area contributed by atoms with E-state index in [1.807, 2.05) is 0 Å². The molecule has 30 heavy (non-hydrogen) atoms. The van der Waals surface area contributed by atoms with Crippen LogP contribution >= 0.6 is 0 Å². The number of hydrogen-bond donors (Lipinski definition) is 2. The van der Waals surface area contributed by atoms with Crippen LogP contribution in [0.2, 0.25) is 0 Å². The zero-order valence-corrected chi connectivity index (χ0v) is 15.6. The van der Waals surface area contributed by atoms with Gasteiger partial charge < -0.3 is 14.8 Å². The summed E-state index contributed by atoms with van der Waals surface area (Å²) >= 11 is 0. The normalized spacial score (nSPS) is 17.0. The number of benzene rings is 2. The van der Waals surface area contributed by atoms with E-state index in [4.69, 9.17) is 9.47 Å². The molecule has 0 aliphatic carbocycles. The van der Waals surface area contributed by atoms with E-state index in [0.717, 1.165) is 17.7 Å². The second-order valence-corrected chi connectivity index (χ2v) is 6.89. The fourth-order valence-electron chi connectivity index (χ4n) is 3.34. The predicted molar refractivity (Wildman–Crippen MR) is 103 cm³/mol. The molecule has 2 aromatic carbocycles. The molecule has 0 saturated heterocycles. The summed E-state index contributed by atoms with van der Waals surface area (Å²) in [5.41, 5.74) is 2.05. The van der Waals surface area contributed by atoms with Gasteiger partial charge in [-0.1, -0.05) is 12.1 Å². The van der Waals surface area contributed by atoms with Gasteiger partial charge in [-0.05, 0) is 42.7 Å². The van der Waals surface area contributed by atoms with Crippen LogP contribution in [0.3, 0.4) is 0 Å². The maximum atomic E-state index is 13.0. The molecule has 4 rings (SSSR count). The molecule has 6 nitrogen and oxygen atoms in total. The number of fused-ring (bicyclic) bond motifs is 2. The van der Waals surface area contributed by atoms with Gasteiger partial charge in [0, 0.05) is 22.9 Å². The number of rotatable bonds is 2. The molecule has 0 atom stereocenters. The Hall–Kier alpha value is -3.49. The third kappa shape index (κ3) is 4.24. The zero-order chi connectivity index (χ0) is 21.3. The second-order valence-electron chi connectivity index (χ2n) is 6.89. The van der Waals surface area contributed by atoms with Gasteiger partial charge in [0.25, 0.3) is 0 Å². The average molecular weight is 418 g/mol. The number of hydrogen-bond acceptors (Lipinski definition) is 4. The van der Waals surface area contributed by atoms with Crippen LogP contribution in [0.4, 0.5) is 29.3 Å². The monoisotopic (exact) mass is 418 g/mol. The first kappa shape index (κ1) is 19.8. The SMILES string of the molecule is O=C(C=C1CCCOc2cc(C(F)(F)F)ccc21)Nc1ccc2c(c1)NC(=O)OC2. The molecule has 9 heteroatoms. The summed E-state index contributed by atoms with van der Waals surface area (Å²) in [5, 5.41) is 5.27. The summed E-state index contributed by atoms with van der Waals surface area (Å²) in [6.45, 7) is 0.413. The predicted octanol–water partition coefficient (Wildman–Crippen LogP) is 4.96. The van der Waals surface area contributed by atoms with Crippen molar-refractivity contribution in [3.8, 4) is 5.75 Å². The Morgan fingerprint density at radius 1 is 1.13 bits per heavy atom. The van der Waals surface area contributed by atoms with Gasteiger partial charge in [-0.3, -0.25) is 10.1 Å². The van der Waals surface area contributed by atoms with Crippen molar-refractivity contribution in [2.24, 2.45) is 0 Å². The molecule has 0 saturated carbocycles. The molecule has 0 radical (unpaired) electrons. The molecule has 0 fully saturated rings. The van der Waals surface area contributed by atoms with E-state index in [9.17, 15) is 22.8 Å². The standard InChI is InChI=1S/C21H17F3N2O4/c22-21(23,24)14-4-6-16-12(2-1-7-29-18(16)9-14)8-19(27)25-15-5-3-13-11-30-20(28)26-17(13)10-15/h3-6,8-10H,1-2,7,11H2,(H,25,27)(H,26,28). The molecular formula is C21H17F3N2O4. The first-order valence-electron chi connectivity index (χ1n) is 9.22. The molecule has 2 amide bonds. The van der Waals surface area contributed by atoms with E-state index in [-0.39, 0.29) is 19.0 Å². The molecule has 2 N–H and O–H groups in total. The molecule has 2 aliphatic heterocycles. The minimum absolute atomic E-state index is 0.109. The fraction of sp³-hybridized carbons (Fsp3) is 0.238. The van der Waals surface area contributed by atoms with Crippen LogP contribution in [0, 0.1) is 0 Å². The Morgan fingerprint density at radius 3 is 2.77 bits per heavy atom. The summed E-state index contributed by atoms with van der Waals surface area (Å²) in [6.07, 6.45) is -2.62. The number of ether oxygens (including phenoxy) is 2. The molecule has 2 aromatic rings. The van der Waals surface area contributed by atoms with E-state index < -0.39 is 23.7 Å². The number of halogens is 3. The molecule has 2 aliphatic rings. The lowest BCUT2D eigenvalue weighted by atomic mass is 9.99. The van der Waals surface area contributed by atoms with Crippen LogP contribution < -0.4 is 15.4 Å². The lowest BCUT2D eigenvalue weighted by molar-refractivity contribution is -0.137. The Bertz CT molecular complexity index is 1050. The summed E-state index contributed by atoms with van der Waals surface area (Å²) in [7, 11) is 0. The lowest BCUT2D eigenvalue weighted by Crippen LogP contribution is -2.20. The van der Waals surface area contributed by atoms with Crippen molar-refractivity contribution in [3.63, 3.8) is 0 Å². The van der Waals surface area contributed by atoms with Crippen molar-refractivity contribution < 1.29 is 32.2 Å². The molecule has 0 spiro atoms. The Balaban J connectivity index is 1.57. The van der Waals surface area contributed by atoms with Crippen LogP contribution in [0.5, 0.6) is 5.75 Å². The number of cyclic esters (lactones) is 1. The summed E-state index contributed by atoms with van der Waals surface area (Å²) in [4.78, 5) is 23.9. The summed E-state index contributed by atoms with van der Waals surface area (Å²) < 4.78 is 49.3. The maximum absolute atomic E-state index is 13.0. The van der Waals surface area contributed by atoms with Crippen LogP contribution in [0.15, 0.2) is 42.5 Å². The van der Waals surface area contributed by atoms with Gasteiger partial charge in [0.15, 0.2) is 0 Å². The molecule has 2 heterocycles. The van der Waals surface area contributed by atoms with Crippen molar-refractivity contribution in [1.82, 2.24) is 0 Å². The molecule has 0 unspecified atom stereocenters. The van der Waals surface area contributed by atoms with E-state index >= 15 is 0 Å². The van der Waals surface area contributed by atoms with Crippen molar-refractivity contribution in [3.05, 3.63) is 59.2 Å². The third-order valence-corrected chi connectivity index (χ3v) is 4.78. The highest BCUT2D eigenvalue weighted by atomic mass is 19.4. The van der Waals surface area contributed by atoms with Crippen molar-refractivity contribution in [2.45, 2.75) is 25.6 Å². The molecule has 156 valence electrons. The van der Waals surface area contributed by atoms with Gasteiger partial charge in [0.1, 0.15) is 12.4 Å². The Morgan fingerprint density at radius 2 is 1.97 bits per heavy atom. The van der Waals surface area contributed by atoms with Gasteiger partial charge in [0.2, 0.25) is 5.91 Å². The van der Waals surface area contributed by atoms with Crippen molar-refractivity contribution in [1.29, 1.82) is 0 Å². The van der Waals surface area contributed by atoms with Crippen LogP contribution in [0.1, 0.15) is 29.5 Å². The Labute approximate surface area is 169 Å². The van der Waals surface area contributed by atoms with Gasteiger partial charge >= 0.3 is 12.3 Å². The smallest absolute Gasteiger partial charge is 0.416 e. The van der Waals surface area contributed by atoms with Gasteiger partial charge in [0.05, 0.1) is 17.9 Å². The van der Waals surface area contributed by atoms with Crippen molar-refractivity contribution >= 4 is 28.9 Å². The van der Waals surface area contributed by atoms with E-state index in [1.54, 1.807) is 18.2 Å². The van der Waals surface area contributed by atoms with Gasteiger partial charge in [-0.25, -0.2) is 4.79 Å². The van der Waals surface area contributed by atoms with Crippen LogP contribution in [-0.2, 0) is 22.3 Å². The lowest BCUT2D eigenvalue weighted by Gasteiger charge is -2.18. The van der Waals surface area contributed by atoms with E-state index in [0.29, 0.717) is 35.4 Å². The minimum atomic E-state index is -4.47. The fourth-order valence-corrected chi connectivity index (χ4v) is 3.34. The van der Waals surface area contributed by atoms with Crippen molar-refractivity contribution in [2.75, 3.05) is 17.2 Å².